The Kier molecular flexibility index (Phi) is 5.91. The van der Waals surface area contributed by atoms with E-state index in [1.54, 1.807) is 6.92 Å². The summed E-state index contributed by atoms with van der Waals surface area (Å²) >= 11 is 0. The summed E-state index contributed by atoms with van der Waals surface area (Å²) in [6.45, 7) is 2.57. The lowest BCUT2D eigenvalue weighted by molar-refractivity contribution is -0.182. The topological polar surface area (TPSA) is 38.3 Å². The van der Waals surface area contributed by atoms with E-state index in [1.807, 2.05) is 0 Å². The van der Waals surface area contributed by atoms with Gasteiger partial charge in [0.15, 0.2) is 0 Å². The average molecular weight is 267 g/mol. The Labute approximate surface area is 105 Å². The first-order valence-electron chi connectivity index (χ1n) is 6.39. The minimum Gasteiger partial charge on any atom is -0.466 e. The van der Waals surface area contributed by atoms with E-state index in [-0.39, 0.29) is 31.3 Å². The first kappa shape index (κ1) is 15.3. The second-order valence-corrected chi connectivity index (χ2v) is 4.60. The van der Waals surface area contributed by atoms with Crippen LogP contribution in [-0.2, 0) is 9.53 Å². The lowest BCUT2D eigenvalue weighted by Crippen LogP contribution is -2.37. The molecular weight excluding hydrogens is 247 g/mol. The molecule has 0 aromatic heterocycles. The van der Waals surface area contributed by atoms with E-state index in [0.29, 0.717) is 26.0 Å². The maximum absolute atomic E-state index is 12.4. The van der Waals surface area contributed by atoms with Gasteiger partial charge in [-0.05, 0) is 32.6 Å². The zero-order valence-corrected chi connectivity index (χ0v) is 10.6. The van der Waals surface area contributed by atoms with Gasteiger partial charge in [0, 0.05) is 12.6 Å². The number of carbonyl (C=O) groups excluding carboxylic acids is 1. The number of hydrogen-bond acceptors (Lipinski definition) is 3. The van der Waals surface area contributed by atoms with Crippen molar-refractivity contribution in [3.63, 3.8) is 0 Å². The monoisotopic (exact) mass is 267 g/mol. The van der Waals surface area contributed by atoms with Gasteiger partial charge >= 0.3 is 12.1 Å². The molecule has 6 heteroatoms. The van der Waals surface area contributed by atoms with Crippen LogP contribution in [-0.4, -0.2) is 31.3 Å². The number of halogens is 3. The summed E-state index contributed by atoms with van der Waals surface area (Å²) in [5.74, 6) is -1.42. The molecule has 0 amide bonds. The molecule has 3 nitrogen and oxygen atoms in total. The van der Waals surface area contributed by atoms with Crippen LogP contribution in [0.15, 0.2) is 0 Å². The standard InChI is InChI=1S/C12H20F3NO2/c1-2-18-11(17)7-8-16-10-5-3-9(4-6-10)12(13,14)15/h9-10,16H,2-8H2,1H3. The van der Waals surface area contributed by atoms with Gasteiger partial charge in [0.25, 0.3) is 0 Å². The Hall–Kier alpha value is -0.780. The van der Waals surface area contributed by atoms with E-state index in [9.17, 15) is 18.0 Å². The maximum atomic E-state index is 12.4. The summed E-state index contributed by atoms with van der Waals surface area (Å²) in [6.07, 6.45) is -2.38. The summed E-state index contributed by atoms with van der Waals surface area (Å²) in [5, 5.41) is 3.11. The van der Waals surface area contributed by atoms with Crippen molar-refractivity contribution in [3.8, 4) is 0 Å². The Morgan fingerprint density at radius 3 is 2.39 bits per heavy atom. The number of nitrogens with one attached hydrogen (secondary N) is 1. The first-order chi connectivity index (χ1) is 8.43. The van der Waals surface area contributed by atoms with Crippen LogP contribution in [0.25, 0.3) is 0 Å². The molecule has 0 aromatic carbocycles. The number of alkyl halides is 3. The van der Waals surface area contributed by atoms with Crippen LogP contribution in [0.1, 0.15) is 39.0 Å². The Balaban J connectivity index is 2.14. The molecule has 1 rings (SSSR count). The Morgan fingerprint density at radius 2 is 1.89 bits per heavy atom. The second kappa shape index (κ2) is 6.97. The number of hydrogen-bond donors (Lipinski definition) is 1. The van der Waals surface area contributed by atoms with Crippen LogP contribution in [0.4, 0.5) is 13.2 Å². The molecule has 0 spiro atoms. The van der Waals surface area contributed by atoms with Crippen molar-refractivity contribution in [1.29, 1.82) is 0 Å². The first-order valence-corrected chi connectivity index (χ1v) is 6.39. The van der Waals surface area contributed by atoms with E-state index < -0.39 is 12.1 Å². The molecule has 1 fully saturated rings. The van der Waals surface area contributed by atoms with Gasteiger partial charge in [0.05, 0.1) is 18.9 Å². The molecule has 0 bridgehead atoms. The van der Waals surface area contributed by atoms with Crippen molar-refractivity contribution in [3.05, 3.63) is 0 Å². The molecule has 1 aliphatic rings. The Morgan fingerprint density at radius 1 is 1.28 bits per heavy atom. The summed E-state index contributed by atoms with van der Waals surface area (Å²) < 4.78 is 42.1. The van der Waals surface area contributed by atoms with Gasteiger partial charge in [-0.2, -0.15) is 13.2 Å². The average Bonchev–Trinajstić information content (AvgIpc) is 2.29. The quantitative estimate of drug-likeness (QED) is 0.778. The summed E-state index contributed by atoms with van der Waals surface area (Å²) in [4.78, 5) is 11.1. The molecule has 0 heterocycles. The summed E-state index contributed by atoms with van der Waals surface area (Å²) in [7, 11) is 0. The molecule has 0 unspecified atom stereocenters. The molecule has 1 aliphatic carbocycles. The van der Waals surface area contributed by atoms with Crippen molar-refractivity contribution in [2.24, 2.45) is 5.92 Å². The zero-order valence-electron chi connectivity index (χ0n) is 10.6. The lowest BCUT2D eigenvalue weighted by atomic mass is 9.85. The third-order valence-electron chi connectivity index (χ3n) is 3.26. The normalized spacial score (nSPS) is 24.9. The molecule has 18 heavy (non-hydrogen) atoms. The van der Waals surface area contributed by atoms with Crippen LogP contribution >= 0.6 is 0 Å². The van der Waals surface area contributed by atoms with E-state index in [0.717, 1.165) is 0 Å². The molecule has 0 aromatic rings. The predicted octanol–water partition coefficient (Wildman–Crippen LogP) is 2.65. The SMILES string of the molecule is CCOC(=O)CCNC1CCC(C(F)(F)F)CC1. The number of esters is 1. The van der Waals surface area contributed by atoms with E-state index in [2.05, 4.69) is 5.32 Å². The summed E-state index contributed by atoms with van der Waals surface area (Å²) in [6, 6.07) is 0.0954. The third-order valence-corrected chi connectivity index (χ3v) is 3.26. The lowest BCUT2D eigenvalue weighted by Gasteiger charge is -2.30. The van der Waals surface area contributed by atoms with Gasteiger partial charge in [-0.1, -0.05) is 0 Å². The molecule has 1 N–H and O–H groups in total. The van der Waals surface area contributed by atoms with Crippen molar-refractivity contribution in [2.45, 2.75) is 51.2 Å². The predicted molar refractivity (Wildman–Crippen MR) is 61.1 cm³/mol. The van der Waals surface area contributed by atoms with Gasteiger partial charge in [-0.25, -0.2) is 0 Å². The van der Waals surface area contributed by atoms with E-state index in [4.69, 9.17) is 4.74 Å². The molecule has 0 atom stereocenters. The maximum Gasteiger partial charge on any atom is 0.391 e. The van der Waals surface area contributed by atoms with Crippen LogP contribution in [0.5, 0.6) is 0 Å². The Bertz CT molecular complexity index is 261. The van der Waals surface area contributed by atoms with Crippen LogP contribution in [0.3, 0.4) is 0 Å². The van der Waals surface area contributed by atoms with E-state index >= 15 is 0 Å². The molecule has 1 saturated carbocycles. The molecular formula is C12H20F3NO2. The van der Waals surface area contributed by atoms with Crippen molar-refractivity contribution < 1.29 is 22.7 Å². The fourth-order valence-electron chi connectivity index (χ4n) is 2.24. The van der Waals surface area contributed by atoms with Crippen LogP contribution in [0.2, 0.25) is 0 Å². The second-order valence-electron chi connectivity index (χ2n) is 4.60. The molecule has 0 aliphatic heterocycles. The highest BCUT2D eigenvalue weighted by Crippen LogP contribution is 2.37. The van der Waals surface area contributed by atoms with Crippen LogP contribution < -0.4 is 5.32 Å². The largest absolute Gasteiger partial charge is 0.466 e. The fraction of sp³-hybridized carbons (Fsp3) is 0.917. The molecule has 0 radical (unpaired) electrons. The van der Waals surface area contributed by atoms with Gasteiger partial charge in [-0.15, -0.1) is 0 Å². The summed E-state index contributed by atoms with van der Waals surface area (Å²) in [5.41, 5.74) is 0. The van der Waals surface area contributed by atoms with Gasteiger partial charge in [0.1, 0.15) is 0 Å². The minimum absolute atomic E-state index is 0.0954. The highest BCUT2D eigenvalue weighted by atomic mass is 19.4. The third kappa shape index (κ3) is 5.25. The number of rotatable bonds is 5. The van der Waals surface area contributed by atoms with Crippen molar-refractivity contribution >= 4 is 5.97 Å². The van der Waals surface area contributed by atoms with Crippen molar-refractivity contribution in [2.75, 3.05) is 13.2 Å². The van der Waals surface area contributed by atoms with Gasteiger partial charge in [0.2, 0.25) is 0 Å². The highest BCUT2D eigenvalue weighted by Gasteiger charge is 2.41. The highest BCUT2D eigenvalue weighted by molar-refractivity contribution is 5.69. The van der Waals surface area contributed by atoms with Gasteiger partial charge in [-0.3, -0.25) is 4.79 Å². The zero-order chi connectivity index (χ0) is 13.6. The van der Waals surface area contributed by atoms with Crippen molar-refractivity contribution in [1.82, 2.24) is 5.32 Å². The minimum atomic E-state index is -4.06. The smallest absolute Gasteiger partial charge is 0.391 e. The fourth-order valence-corrected chi connectivity index (χ4v) is 2.24. The van der Waals surface area contributed by atoms with Gasteiger partial charge < -0.3 is 10.1 Å². The number of carbonyl (C=O) groups is 1. The molecule has 106 valence electrons. The number of ether oxygens (including phenoxy) is 1. The van der Waals surface area contributed by atoms with E-state index in [1.165, 1.54) is 0 Å². The van der Waals surface area contributed by atoms with Crippen LogP contribution in [0, 0.1) is 5.92 Å². The molecule has 0 saturated heterocycles.